The van der Waals surface area contributed by atoms with Crippen LogP contribution < -0.4 is 5.32 Å². The van der Waals surface area contributed by atoms with E-state index in [1.807, 2.05) is 12.1 Å². The molecule has 0 aliphatic carbocycles. The molecule has 1 saturated heterocycles. The maximum absolute atomic E-state index is 13.0. The second-order valence-electron chi connectivity index (χ2n) is 7.68. The van der Waals surface area contributed by atoms with Gasteiger partial charge in [0.25, 0.3) is 5.91 Å². The van der Waals surface area contributed by atoms with Gasteiger partial charge >= 0.3 is 0 Å². The average Bonchev–Trinajstić information content (AvgIpc) is 2.75. The lowest BCUT2D eigenvalue weighted by atomic mass is 10.1. The quantitative estimate of drug-likeness (QED) is 0.619. The highest BCUT2D eigenvalue weighted by molar-refractivity contribution is 7.98. The van der Waals surface area contributed by atoms with E-state index < -0.39 is 10.0 Å². The molecule has 1 amide bonds. The Bertz CT molecular complexity index is 984. The van der Waals surface area contributed by atoms with Gasteiger partial charge in [0.2, 0.25) is 10.0 Å². The Hall–Kier alpha value is -1.83. The summed E-state index contributed by atoms with van der Waals surface area (Å²) in [5.74, 6) is 1.47. The van der Waals surface area contributed by atoms with E-state index >= 15 is 0 Å². The first kappa shape index (κ1) is 22.8. The van der Waals surface area contributed by atoms with Crippen molar-refractivity contribution in [1.29, 1.82) is 0 Å². The molecule has 1 aliphatic rings. The summed E-state index contributed by atoms with van der Waals surface area (Å²) in [5.41, 5.74) is 3.64. The highest BCUT2D eigenvalue weighted by Crippen LogP contribution is 2.24. The molecule has 0 unspecified atom stereocenters. The average molecular weight is 447 g/mol. The number of benzene rings is 2. The van der Waals surface area contributed by atoms with E-state index in [0.717, 1.165) is 30.8 Å². The van der Waals surface area contributed by atoms with E-state index in [1.54, 1.807) is 35.1 Å². The van der Waals surface area contributed by atoms with Crippen LogP contribution in [0.25, 0.3) is 0 Å². The number of hydrogen-bond donors (Lipinski definition) is 1. The van der Waals surface area contributed by atoms with Crippen LogP contribution in [0, 0.1) is 13.8 Å². The van der Waals surface area contributed by atoms with Crippen molar-refractivity contribution < 1.29 is 13.2 Å². The van der Waals surface area contributed by atoms with Crippen LogP contribution in [0.5, 0.6) is 0 Å². The lowest BCUT2D eigenvalue weighted by Crippen LogP contribution is -2.36. The monoisotopic (exact) mass is 446 g/mol. The lowest BCUT2D eigenvalue weighted by Gasteiger charge is -2.26. The molecule has 7 heteroatoms. The molecule has 30 heavy (non-hydrogen) atoms. The van der Waals surface area contributed by atoms with Crippen LogP contribution in [0.15, 0.2) is 47.4 Å². The second-order valence-corrected chi connectivity index (χ2v) is 10.7. The van der Waals surface area contributed by atoms with Crippen molar-refractivity contribution in [3.05, 3.63) is 64.7 Å². The number of aryl methyl sites for hydroxylation is 2. The number of rotatable bonds is 8. The molecule has 2 aromatic rings. The van der Waals surface area contributed by atoms with Gasteiger partial charge in [-0.15, -0.1) is 0 Å². The van der Waals surface area contributed by atoms with Gasteiger partial charge in [-0.3, -0.25) is 4.79 Å². The minimum absolute atomic E-state index is 0.235. The third-order valence-corrected chi connectivity index (χ3v) is 8.48. The van der Waals surface area contributed by atoms with Crippen LogP contribution in [0.2, 0.25) is 0 Å². The van der Waals surface area contributed by atoms with Gasteiger partial charge in [-0.1, -0.05) is 36.8 Å². The van der Waals surface area contributed by atoms with E-state index in [-0.39, 0.29) is 10.8 Å². The third-order valence-electron chi connectivity index (χ3n) is 5.43. The molecular formula is C23H30N2O3S2. The number of carbonyl (C=O) groups is 1. The number of sulfonamides is 1. The minimum Gasteiger partial charge on any atom is -0.351 e. The van der Waals surface area contributed by atoms with E-state index in [0.29, 0.717) is 30.8 Å². The molecule has 0 aromatic heterocycles. The zero-order valence-corrected chi connectivity index (χ0v) is 19.3. The highest BCUT2D eigenvalue weighted by atomic mass is 32.2. The summed E-state index contributed by atoms with van der Waals surface area (Å²) in [6.45, 7) is 5.52. The number of amides is 1. The summed E-state index contributed by atoms with van der Waals surface area (Å²) in [6.07, 6.45) is 2.84. The van der Waals surface area contributed by atoms with Gasteiger partial charge in [0.05, 0.1) is 4.90 Å². The van der Waals surface area contributed by atoms with Gasteiger partial charge in [-0.05, 0) is 55.5 Å². The molecule has 1 aliphatic heterocycles. The summed E-state index contributed by atoms with van der Waals surface area (Å²) in [6, 6.07) is 13.2. The highest BCUT2D eigenvalue weighted by Gasteiger charge is 2.28. The molecule has 1 N–H and O–H groups in total. The molecule has 0 saturated carbocycles. The number of carbonyl (C=O) groups excluding carboxylic acids is 1. The van der Waals surface area contributed by atoms with Crippen LogP contribution in [0.3, 0.4) is 0 Å². The number of nitrogens with one attached hydrogen (secondary N) is 1. The minimum atomic E-state index is -3.56. The van der Waals surface area contributed by atoms with E-state index in [9.17, 15) is 13.2 Å². The molecule has 162 valence electrons. The fraction of sp³-hybridized carbons (Fsp3) is 0.435. The number of nitrogens with zero attached hydrogens (tertiary/aromatic N) is 1. The van der Waals surface area contributed by atoms with Gasteiger partial charge in [-0.25, -0.2) is 8.42 Å². The fourth-order valence-electron chi connectivity index (χ4n) is 3.56. The third kappa shape index (κ3) is 5.65. The van der Waals surface area contributed by atoms with E-state index in [4.69, 9.17) is 0 Å². The summed E-state index contributed by atoms with van der Waals surface area (Å²) in [4.78, 5) is 12.8. The van der Waals surface area contributed by atoms with Crippen LogP contribution in [0.4, 0.5) is 0 Å². The molecule has 0 radical (unpaired) electrons. The fourth-order valence-corrected chi connectivity index (χ4v) is 6.26. The first-order valence-electron chi connectivity index (χ1n) is 10.4. The number of piperidine rings is 1. The van der Waals surface area contributed by atoms with Crippen molar-refractivity contribution in [2.75, 3.05) is 25.4 Å². The summed E-state index contributed by atoms with van der Waals surface area (Å²) >= 11 is 1.77. The Kier molecular flexibility index (Phi) is 7.97. The molecule has 5 nitrogen and oxygen atoms in total. The largest absolute Gasteiger partial charge is 0.351 e. The molecular weight excluding hydrogens is 416 g/mol. The van der Waals surface area contributed by atoms with Crippen molar-refractivity contribution in [3.8, 4) is 0 Å². The van der Waals surface area contributed by atoms with Gasteiger partial charge in [-0.2, -0.15) is 16.1 Å². The van der Waals surface area contributed by atoms with Crippen molar-refractivity contribution in [2.24, 2.45) is 0 Å². The molecule has 1 heterocycles. The normalized spacial score (nSPS) is 15.1. The molecule has 2 aromatic carbocycles. The Balaban J connectivity index is 1.57. The van der Waals surface area contributed by atoms with Gasteiger partial charge in [0, 0.05) is 36.7 Å². The Morgan fingerprint density at radius 3 is 2.50 bits per heavy atom. The molecule has 0 bridgehead atoms. The maximum atomic E-state index is 13.0. The number of thioether (sulfide) groups is 1. The van der Waals surface area contributed by atoms with Gasteiger partial charge in [0.1, 0.15) is 0 Å². The Labute approximate surface area is 184 Å². The van der Waals surface area contributed by atoms with Gasteiger partial charge in [0.15, 0.2) is 0 Å². The Morgan fingerprint density at radius 2 is 1.77 bits per heavy atom. The van der Waals surface area contributed by atoms with Crippen LogP contribution in [0.1, 0.15) is 46.3 Å². The summed E-state index contributed by atoms with van der Waals surface area (Å²) in [5, 5.41) is 2.91. The predicted molar refractivity (Wildman–Crippen MR) is 123 cm³/mol. The number of hydrogen-bond acceptors (Lipinski definition) is 4. The van der Waals surface area contributed by atoms with Crippen molar-refractivity contribution in [3.63, 3.8) is 0 Å². The van der Waals surface area contributed by atoms with Crippen LogP contribution >= 0.6 is 11.8 Å². The molecule has 3 rings (SSSR count). The van der Waals surface area contributed by atoms with Crippen molar-refractivity contribution in [2.45, 2.75) is 43.8 Å². The first-order valence-corrected chi connectivity index (χ1v) is 13.0. The van der Waals surface area contributed by atoms with E-state index in [2.05, 4.69) is 24.4 Å². The first-order chi connectivity index (χ1) is 14.4. The van der Waals surface area contributed by atoms with Crippen molar-refractivity contribution in [1.82, 2.24) is 9.62 Å². The molecule has 0 spiro atoms. The zero-order chi connectivity index (χ0) is 21.6. The predicted octanol–water partition coefficient (Wildman–Crippen LogP) is 4.14. The van der Waals surface area contributed by atoms with Crippen LogP contribution in [-0.4, -0.2) is 44.0 Å². The summed E-state index contributed by atoms with van der Waals surface area (Å²) in [7, 11) is -3.56. The van der Waals surface area contributed by atoms with Crippen LogP contribution in [-0.2, 0) is 15.8 Å². The summed E-state index contributed by atoms with van der Waals surface area (Å²) < 4.78 is 27.6. The topological polar surface area (TPSA) is 66.5 Å². The SMILES string of the molecule is Cc1ccccc1CSCCNC(=O)c1ccc(C)c(S(=O)(=O)N2CCCCC2)c1. The van der Waals surface area contributed by atoms with Crippen molar-refractivity contribution >= 4 is 27.7 Å². The second kappa shape index (κ2) is 10.5. The van der Waals surface area contributed by atoms with E-state index in [1.165, 1.54) is 17.2 Å². The standard InChI is InChI=1S/C23H30N2O3S2/c1-18-8-4-5-9-21(18)17-29-15-12-24-23(26)20-11-10-19(2)22(16-20)30(27,28)25-13-6-3-7-14-25/h4-5,8-11,16H,3,6-7,12-15,17H2,1-2H3,(H,24,26). The zero-order valence-electron chi connectivity index (χ0n) is 17.7. The molecule has 1 fully saturated rings. The molecule has 0 atom stereocenters. The van der Waals surface area contributed by atoms with Gasteiger partial charge < -0.3 is 5.32 Å². The maximum Gasteiger partial charge on any atom is 0.251 e. The smallest absolute Gasteiger partial charge is 0.251 e. The lowest BCUT2D eigenvalue weighted by molar-refractivity contribution is 0.0956. The Morgan fingerprint density at radius 1 is 1.03 bits per heavy atom.